The third-order valence-electron chi connectivity index (χ3n) is 3.66. The molecule has 0 fully saturated rings. The van der Waals surface area contributed by atoms with Gasteiger partial charge in [0.05, 0.1) is 4.92 Å². The number of furan rings is 1. The van der Waals surface area contributed by atoms with Gasteiger partial charge in [0.1, 0.15) is 17.4 Å². The van der Waals surface area contributed by atoms with Gasteiger partial charge in [-0.05, 0) is 19.9 Å². The van der Waals surface area contributed by atoms with Crippen LogP contribution in [0.3, 0.4) is 0 Å². The highest BCUT2D eigenvalue weighted by Crippen LogP contribution is 2.22. The molecular weight excluding hydrogens is 322 g/mol. The molecule has 0 saturated heterocycles. The maximum atomic E-state index is 12.4. The highest BCUT2D eigenvalue weighted by molar-refractivity contribution is 6.14. The smallest absolute Gasteiger partial charge is 0.270 e. The Morgan fingerprint density at radius 3 is 2.64 bits per heavy atom. The number of rotatable bonds is 7. The largest absolute Gasteiger partial charge is 0.441 e. The van der Waals surface area contributed by atoms with Gasteiger partial charge in [0.2, 0.25) is 5.78 Å². The second-order valence-corrected chi connectivity index (χ2v) is 5.15. The number of allylic oxidation sites excluding steroid dienone is 1. The molecular formula is C18H17N3O4. The summed E-state index contributed by atoms with van der Waals surface area (Å²) in [6.45, 7) is 5.53. The normalized spacial score (nSPS) is 11.0. The second kappa shape index (κ2) is 7.93. The molecule has 2 aromatic rings. The first-order chi connectivity index (χ1) is 12.0. The van der Waals surface area contributed by atoms with Gasteiger partial charge in [0.25, 0.3) is 5.69 Å². The zero-order chi connectivity index (χ0) is 18.4. The van der Waals surface area contributed by atoms with Gasteiger partial charge in [-0.2, -0.15) is 5.26 Å². The van der Waals surface area contributed by atoms with E-state index in [9.17, 15) is 20.2 Å². The number of carbonyl (C=O) groups is 1. The molecule has 7 heteroatoms. The van der Waals surface area contributed by atoms with E-state index in [-0.39, 0.29) is 16.8 Å². The van der Waals surface area contributed by atoms with Gasteiger partial charge < -0.3 is 9.32 Å². The van der Waals surface area contributed by atoms with Crippen LogP contribution < -0.4 is 4.90 Å². The summed E-state index contributed by atoms with van der Waals surface area (Å²) < 4.78 is 5.65. The minimum atomic E-state index is -0.591. The lowest BCUT2D eigenvalue weighted by Gasteiger charge is -2.16. The molecule has 1 aromatic carbocycles. The van der Waals surface area contributed by atoms with Crippen molar-refractivity contribution in [3.63, 3.8) is 0 Å². The van der Waals surface area contributed by atoms with E-state index in [0.717, 1.165) is 19.2 Å². The summed E-state index contributed by atoms with van der Waals surface area (Å²) in [6.07, 6.45) is 1.34. The average Bonchev–Trinajstić information content (AvgIpc) is 3.08. The van der Waals surface area contributed by atoms with E-state index in [4.69, 9.17) is 4.42 Å². The molecule has 0 spiro atoms. The average molecular weight is 339 g/mol. The van der Waals surface area contributed by atoms with Crippen molar-refractivity contribution in [2.45, 2.75) is 13.8 Å². The van der Waals surface area contributed by atoms with E-state index in [0.29, 0.717) is 11.6 Å². The fourth-order valence-corrected chi connectivity index (χ4v) is 2.33. The minimum absolute atomic E-state index is 0.0810. The Hall–Kier alpha value is -3.40. The van der Waals surface area contributed by atoms with Gasteiger partial charge in [-0.3, -0.25) is 14.9 Å². The number of anilines is 1. The number of hydrogen-bond acceptors (Lipinski definition) is 6. The van der Waals surface area contributed by atoms with Crippen LogP contribution in [0.5, 0.6) is 0 Å². The molecule has 0 radical (unpaired) electrons. The van der Waals surface area contributed by atoms with Crippen LogP contribution in [0.2, 0.25) is 0 Å². The third-order valence-corrected chi connectivity index (χ3v) is 3.66. The van der Waals surface area contributed by atoms with Gasteiger partial charge >= 0.3 is 0 Å². The number of nitro benzene ring substituents is 1. The van der Waals surface area contributed by atoms with Crippen molar-refractivity contribution in [3.05, 3.63) is 63.4 Å². The molecule has 0 amide bonds. The van der Waals surface area contributed by atoms with Crippen LogP contribution in [0.1, 0.15) is 30.0 Å². The number of carbonyl (C=O) groups excluding carboxylic acids is 1. The molecule has 25 heavy (non-hydrogen) atoms. The topological polar surface area (TPSA) is 100 Å². The number of non-ortho nitro benzene ring substituents is 1. The summed E-state index contributed by atoms with van der Waals surface area (Å²) in [5.74, 6) is 0.431. The van der Waals surface area contributed by atoms with Crippen molar-refractivity contribution >= 4 is 23.4 Å². The Morgan fingerprint density at radius 1 is 1.32 bits per heavy atom. The SMILES string of the molecule is CCN(CC)c1ccc(/C=C(\C#N)C(=O)c2cccc([N+](=O)[O-])c2)o1. The summed E-state index contributed by atoms with van der Waals surface area (Å²) in [5, 5.41) is 20.1. The Morgan fingerprint density at radius 2 is 2.04 bits per heavy atom. The maximum Gasteiger partial charge on any atom is 0.270 e. The first-order valence-electron chi connectivity index (χ1n) is 7.75. The predicted octanol–water partition coefficient (Wildman–Crippen LogP) is 3.82. The van der Waals surface area contributed by atoms with Crippen LogP contribution in [0, 0.1) is 21.4 Å². The molecule has 0 saturated carbocycles. The highest BCUT2D eigenvalue weighted by Gasteiger charge is 2.16. The Balaban J connectivity index is 2.31. The molecule has 0 atom stereocenters. The number of Topliss-reactive ketones (excluding diaryl/α,β-unsaturated/α-hetero) is 1. The van der Waals surface area contributed by atoms with Crippen molar-refractivity contribution in [1.82, 2.24) is 0 Å². The van der Waals surface area contributed by atoms with Crippen molar-refractivity contribution in [2.24, 2.45) is 0 Å². The molecule has 0 aliphatic rings. The van der Waals surface area contributed by atoms with Gasteiger partial charge in [-0.15, -0.1) is 0 Å². The molecule has 0 aliphatic carbocycles. The molecule has 0 bridgehead atoms. The minimum Gasteiger partial charge on any atom is -0.441 e. The molecule has 0 unspecified atom stereocenters. The molecule has 7 nitrogen and oxygen atoms in total. The molecule has 1 aromatic heterocycles. The lowest BCUT2D eigenvalue weighted by Crippen LogP contribution is -2.20. The van der Waals surface area contributed by atoms with Crippen LogP contribution in [0.25, 0.3) is 6.08 Å². The van der Waals surface area contributed by atoms with E-state index in [1.54, 1.807) is 12.1 Å². The zero-order valence-electron chi connectivity index (χ0n) is 13.9. The van der Waals surface area contributed by atoms with Crippen molar-refractivity contribution in [2.75, 3.05) is 18.0 Å². The fourth-order valence-electron chi connectivity index (χ4n) is 2.33. The number of nitrogens with zero attached hydrogens (tertiary/aromatic N) is 3. The van der Waals surface area contributed by atoms with Crippen LogP contribution in [-0.2, 0) is 0 Å². The molecule has 128 valence electrons. The van der Waals surface area contributed by atoms with Crippen LogP contribution in [0.15, 0.2) is 46.4 Å². The van der Waals surface area contributed by atoms with E-state index >= 15 is 0 Å². The van der Waals surface area contributed by atoms with E-state index in [2.05, 4.69) is 0 Å². The van der Waals surface area contributed by atoms with Gasteiger partial charge in [0, 0.05) is 42.9 Å². The maximum absolute atomic E-state index is 12.4. The van der Waals surface area contributed by atoms with E-state index in [1.807, 2.05) is 24.8 Å². The number of ketones is 1. The summed E-state index contributed by atoms with van der Waals surface area (Å²) in [5.41, 5.74) is -0.275. The monoisotopic (exact) mass is 339 g/mol. The first kappa shape index (κ1) is 17.9. The van der Waals surface area contributed by atoms with Crippen LogP contribution in [0.4, 0.5) is 11.6 Å². The van der Waals surface area contributed by atoms with Gasteiger partial charge in [0.15, 0.2) is 5.88 Å². The lowest BCUT2D eigenvalue weighted by atomic mass is 10.0. The lowest BCUT2D eigenvalue weighted by molar-refractivity contribution is -0.384. The van der Waals surface area contributed by atoms with Crippen LogP contribution >= 0.6 is 0 Å². The summed E-state index contributed by atoms with van der Waals surface area (Å²) >= 11 is 0. The quantitative estimate of drug-likeness (QED) is 0.250. The number of hydrogen-bond donors (Lipinski definition) is 0. The summed E-state index contributed by atoms with van der Waals surface area (Å²) in [4.78, 5) is 24.7. The summed E-state index contributed by atoms with van der Waals surface area (Å²) in [7, 11) is 0. The Labute approximate surface area is 144 Å². The predicted molar refractivity (Wildman–Crippen MR) is 93.3 cm³/mol. The molecule has 0 N–H and O–H groups in total. The van der Waals surface area contributed by atoms with Crippen molar-refractivity contribution in [3.8, 4) is 6.07 Å². The fraction of sp³-hybridized carbons (Fsp3) is 0.222. The first-order valence-corrected chi connectivity index (χ1v) is 7.75. The Kier molecular flexibility index (Phi) is 5.69. The zero-order valence-corrected chi connectivity index (χ0v) is 13.9. The number of nitro groups is 1. The third kappa shape index (κ3) is 4.12. The molecule has 1 heterocycles. The Bertz CT molecular complexity index is 857. The van der Waals surface area contributed by atoms with Crippen molar-refractivity contribution < 1.29 is 14.1 Å². The molecule has 2 rings (SSSR count). The molecule has 0 aliphatic heterocycles. The van der Waals surface area contributed by atoms with Gasteiger partial charge in [-0.1, -0.05) is 12.1 Å². The van der Waals surface area contributed by atoms with E-state index in [1.165, 1.54) is 24.3 Å². The highest BCUT2D eigenvalue weighted by atomic mass is 16.6. The summed E-state index contributed by atoms with van der Waals surface area (Å²) in [6, 6.07) is 10.6. The van der Waals surface area contributed by atoms with Gasteiger partial charge in [-0.25, -0.2) is 0 Å². The van der Waals surface area contributed by atoms with Crippen molar-refractivity contribution in [1.29, 1.82) is 5.26 Å². The van der Waals surface area contributed by atoms with E-state index < -0.39 is 10.7 Å². The number of benzene rings is 1. The van der Waals surface area contributed by atoms with Crippen LogP contribution in [-0.4, -0.2) is 23.8 Å². The standard InChI is InChI=1S/C18H17N3O4/c1-3-20(4-2)17-9-8-16(25-17)11-14(12-19)18(22)13-6-5-7-15(10-13)21(23)24/h5-11H,3-4H2,1-2H3/b14-11+. The second-order valence-electron chi connectivity index (χ2n) is 5.15. The number of nitriles is 1.